The molecule has 1 aromatic rings. The van der Waals surface area contributed by atoms with Gasteiger partial charge in [0.1, 0.15) is 5.60 Å². The molecule has 0 aromatic carbocycles. The van der Waals surface area contributed by atoms with E-state index in [2.05, 4.69) is 20.3 Å². The molecule has 1 heterocycles. The summed E-state index contributed by atoms with van der Waals surface area (Å²) >= 11 is 4.71. The van der Waals surface area contributed by atoms with E-state index in [-0.39, 0.29) is 0 Å². The van der Waals surface area contributed by atoms with E-state index in [9.17, 15) is 5.11 Å². The second-order valence-electron chi connectivity index (χ2n) is 2.54. The highest BCUT2D eigenvalue weighted by Crippen LogP contribution is 2.47. The Bertz CT molecular complexity index is 256. The molecule has 1 fully saturated rings. The maximum absolute atomic E-state index is 9.58. The highest BCUT2D eigenvalue weighted by Gasteiger charge is 2.45. The van der Waals surface area contributed by atoms with E-state index in [1.165, 1.54) is 11.5 Å². The lowest BCUT2D eigenvalue weighted by molar-refractivity contribution is 0.147. The standard InChI is InChI=1S/C6H6BrNOS/c7-4-3-10-8-5(4)6(9)1-2-6/h3,9H,1-2H2. The average molecular weight is 220 g/mol. The highest BCUT2D eigenvalue weighted by atomic mass is 79.9. The van der Waals surface area contributed by atoms with Crippen LogP contribution >= 0.6 is 27.5 Å². The van der Waals surface area contributed by atoms with Gasteiger partial charge in [0.05, 0.1) is 10.2 Å². The first-order valence-electron chi connectivity index (χ1n) is 3.05. The van der Waals surface area contributed by atoms with Gasteiger partial charge >= 0.3 is 0 Å². The minimum Gasteiger partial charge on any atom is -0.383 e. The molecule has 0 bridgehead atoms. The van der Waals surface area contributed by atoms with Crippen LogP contribution in [-0.2, 0) is 5.60 Å². The second kappa shape index (κ2) is 2.03. The van der Waals surface area contributed by atoms with Crippen molar-refractivity contribution in [1.82, 2.24) is 4.37 Å². The molecule has 4 heteroatoms. The summed E-state index contributed by atoms with van der Waals surface area (Å²) in [5.41, 5.74) is 0.233. The van der Waals surface area contributed by atoms with Crippen molar-refractivity contribution in [3.05, 3.63) is 15.5 Å². The Morgan fingerprint density at radius 2 is 2.40 bits per heavy atom. The predicted molar refractivity (Wildman–Crippen MR) is 42.9 cm³/mol. The summed E-state index contributed by atoms with van der Waals surface area (Å²) in [5.74, 6) is 0. The Balaban J connectivity index is 2.42. The molecule has 1 aromatic heterocycles. The van der Waals surface area contributed by atoms with Gasteiger partial charge in [-0.05, 0) is 40.3 Å². The molecule has 1 saturated carbocycles. The molecule has 0 unspecified atom stereocenters. The second-order valence-corrected chi connectivity index (χ2v) is 4.03. The van der Waals surface area contributed by atoms with E-state index in [1.807, 2.05) is 5.38 Å². The van der Waals surface area contributed by atoms with Crippen LogP contribution in [0.4, 0.5) is 0 Å². The molecule has 54 valence electrons. The van der Waals surface area contributed by atoms with E-state index < -0.39 is 5.60 Å². The smallest absolute Gasteiger partial charge is 0.109 e. The van der Waals surface area contributed by atoms with Gasteiger partial charge < -0.3 is 5.11 Å². The number of hydrogen-bond acceptors (Lipinski definition) is 3. The van der Waals surface area contributed by atoms with Gasteiger partial charge in [0, 0.05) is 5.38 Å². The van der Waals surface area contributed by atoms with Crippen LogP contribution in [0.3, 0.4) is 0 Å². The van der Waals surface area contributed by atoms with Crippen molar-refractivity contribution in [3.63, 3.8) is 0 Å². The molecule has 0 aliphatic heterocycles. The number of nitrogens with zero attached hydrogens (tertiary/aromatic N) is 1. The topological polar surface area (TPSA) is 33.1 Å². The Hall–Kier alpha value is 0.0700. The summed E-state index contributed by atoms with van der Waals surface area (Å²) < 4.78 is 5.04. The summed E-state index contributed by atoms with van der Waals surface area (Å²) in [6, 6.07) is 0. The molecule has 0 spiro atoms. The molecule has 2 rings (SSSR count). The van der Waals surface area contributed by atoms with E-state index in [0.29, 0.717) is 0 Å². The zero-order valence-electron chi connectivity index (χ0n) is 5.17. The molecular weight excluding hydrogens is 214 g/mol. The molecule has 0 saturated heterocycles. The monoisotopic (exact) mass is 219 g/mol. The third-order valence-corrected chi connectivity index (χ3v) is 3.23. The maximum atomic E-state index is 9.58. The van der Waals surface area contributed by atoms with Crippen LogP contribution in [0.25, 0.3) is 0 Å². The maximum Gasteiger partial charge on any atom is 0.109 e. The average Bonchev–Trinajstić information content (AvgIpc) is 2.44. The molecule has 0 atom stereocenters. The summed E-state index contributed by atoms with van der Waals surface area (Å²) in [5, 5.41) is 11.5. The first kappa shape index (κ1) is 6.76. The van der Waals surface area contributed by atoms with Crippen LogP contribution in [0.1, 0.15) is 18.5 Å². The fourth-order valence-electron chi connectivity index (χ4n) is 0.887. The SMILES string of the molecule is OC1(c2nscc2Br)CC1. The van der Waals surface area contributed by atoms with Gasteiger partial charge in [0.25, 0.3) is 0 Å². The van der Waals surface area contributed by atoms with Crippen LogP contribution in [0.15, 0.2) is 9.85 Å². The normalized spacial score (nSPS) is 21.0. The molecule has 2 nitrogen and oxygen atoms in total. The molecule has 0 amide bonds. The van der Waals surface area contributed by atoms with Crippen molar-refractivity contribution in [2.75, 3.05) is 0 Å². The van der Waals surface area contributed by atoms with E-state index in [4.69, 9.17) is 0 Å². The third kappa shape index (κ3) is 0.909. The first-order chi connectivity index (χ1) is 4.72. The highest BCUT2D eigenvalue weighted by molar-refractivity contribution is 9.10. The van der Waals surface area contributed by atoms with Gasteiger partial charge in [-0.2, -0.15) is 4.37 Å². The Morgan fingerprint density at radius 3 is 2.80 bits per heavy atom. The number of hydrogen-bond donors (Lipinski definition) is 1. The Morgan fingerprint density at radius 1 is 1.70 bits per heavy atom. The zero-order chi connectivity index (χ0) is 7.19. The molecular formula is C6H6BrNOS. The number of halogens is 1. The lowest BCUT2D eigenvalue weighted by Gasteiger charge is -2.01. The molecule has 1 aliphatic rings. The number of rotatable bonds is 1. The van der Waals surface area contributed by atoms with Gasteiger partial charge in [-0.15, -0.1) is 0 Å². The lowest BCUT2D eigenvalue weighted by atomic mass is 10.2. The Labute approximate surface area is 71.2 Å². The van der Waals surface area contributed by atoms with Crippen molar-refractivity contribution in [1.29, 1.82) is 0 Å². The van der Waals surface area contributed by atoms with Crippen molar-refractivity contribution >= 4 is 27.5 Å². The van der Waals surface area contributed by atoms with Gasteiger partial charge in [-0.1, -0.05) is 0 Å². The van der Waals surface area contributed by atoms with E-state index >= 15 is 0 Å². The molecule has 10 heavy (non-hydrogen) atoms. The summed E-state index contributed by atoms with van der Waals surface area (Å²) in [6.45, 7) is 0. The third-order valence-electron chi connectivity index (χ3n) is 1.69. The summed E-state index contributed by atoms with van der Waals surface area (Å²) in [6.07, 6.45) is 1.71. The van der Waals surface area contributed by atoms with Crippen molar-refractivity contribution in [2.24, 2.45) is 0 Å². The number of aromatic nitrogens is 1. The van der Waals surface area contributed by atoms with Gasteiger partial charge in [0.2, 0.25) is 0 Å². The first-order valence-corrected chi connectivity index (χ1v) is 4.68. The van der Waals surface area contributed by atoms with Crippen LogP contribution in [-0.4, -0.2) is 9.48 Å². The minimum atomic E-state index is -0.584. The van der Waals surface area contributed by atoms with E-state index in [1.54, 1.807) is 0 Å². The lowest BCUT2D eigenvalue weighted by Crippen LogP contribution is -2.04. The largest absolute Gasteiger partial charge is 0.383 e. The van der Waals surface area contributed by atoms with Crippen LogP contribution in [0.5, 0.6) is 0 Å². The fraction of sp³-hybridized carbons (Fsp3) is 0.500. The van der Waals surface area contributed by atoms with Crippen LogP contribution in [0, 0.1) is 0 Å². The number of aliphatic hydroxyl groups is 1. The fourth-order valence-corrected chi connectivity index (χ4v) is 2.34. The van der Waals surface area contributed by atoms with Gasteiger partial charge in [-0.25, -0.2) is 0 Å². The predicted octanol–water partition coefficient (Wildman–Crippen LogP) is 1.89. The molecule has 1 N–H and O–H groups in total. The zero-order valence-corrected chi connectivity index (χ0v) is 7.57. The van der Waals surface area contributed by atoms with Crippen molar-refractivity contribution in [3.8, 4) is 0 Å². The minimum absolute atomic E-state index is 0.584. The van der Waals surface area contributed by atoms with Gasteiger partial charge in [0.15, 0.2) is 0 Å². The van der Waals surface area contributed by atoms with Crippen molar-refractivity contribution < 1.29 is 5.11 Å². The quantitative estimate of drug-likeness (QED) is 0.783. The van der Waals surface area contributed by atoms with Gasteiger partial charge in [-0.3, -0.25) is 0 Å². The van der Waals surface area contributed by atoms with Crippen LogP contribution < -0.4 is 0 Å². The summed E-state index contributed by atoms with van der Waals surface area (Å²) in [4.78, 5) is 0. The molecule has 1 aliphatic carbocycles. The molecule has 0 radical (unpaired) electrons. The summed E-state index contributed by atoms with van der Waals surface area (Å²) in [7, 11) is 0. The van der Waals surface area contributed by atoms with Crippen molar-refractivity contribution in [2.45, 2.75) is 18.4 Å². The van der Waals surface area contributed by atoms with E-state index in [0.717, 1.165) is 23.0 Å². The Kier molecular flexibility index (Phi) is 1.37. The van der Waals surface area contributed by atoms with Crippen LogP contribution in [0.2, 0.25) is 0 Å².